The van der Waals surface area contributed by atoms with E-state index >= 15 is 0 Å². The number of aromatic nitrogens is 1. The number of carbonyl (C=O) groups excluding carboxylic acids is 1. The third kappa shape index (κ3) is 2.62. The van der Waals surface area contributed by atoms with Crippen molar-refractivity contribution in [3.8, 4) is 0 Å². The molecule has 84 valence electrons. The van der Waals surface area contributed by atoms with Crippen LogP contribution in [0.3, 0.4) is 0 Å². The molecular weight excluding hydrogens is 247 g/mol. The van der Waals surface area contributed by atoms with Gasteiger partial charge in [0.1, 0.15) is 5.88 Å². The molecule has 0 radical (unpaired) electrons. The molecule has 0 unspecified atom stereocenters. The summed E-state index contributed by atoms with van der Waals surface area (Å²) in [4.78, 5) is 15.4. The summed E-state index contributed by atoms with van der Waals surface area (Å²) in [7, 11) is 0. The quantitative estimate of drug-likeness (QED) is 0.840. The molecule has 1 aromatic carbocycles. The van der Waals surface area contributed by atoms with Gasteiger partial charge >= 0.3 is 0 Å². The Kier molecular flexibility index (Phi) is 4.52. The zero-order chi connectivity index (χ0) is 10.7. The van der Waals surface area contributed by atoms with E-state index in [2.05, 4.69) is 10.3 Å². The van der Waals surface area contributed by atoms with Crippen LogP contribution < -0.4 is 5.32 Å². The fourth-order valence-corrected chi connectivity index (χ4v) is 1.46. The maximum atomic E-state index is 11.2. The van der Waals surface area contributed by atoms with E-state index in [1.807, 2.05) is 30.3 Å². The molecule has 0 aliphatic carbocycles. The molecule has 2 aromatic rings. The van der Waals surface area contributed by atoms with Crippen molar-refractivity contribution in [3.63, 3.8) is 0 Å². The summed E-state index contributed by atoms with van der Waals surface area (Å²) >= 11 is 5.43. The van der Waals surface area contributed by atoms with Crippen molar-refractivity contribution in [1.82, 2.24) is 4.98 Å². The third-order valence-corrected chi connectivity index (χ3v) is 2.28. The lowest BCUT2D eigenvalue weighted by atomic mass is 10.2. The van der Waals surface area contributed by atoms with Gasteiger partial charge in [-0.05, 0) is 24.3 Å². The number of halogens is 2. The van der Waals surface area contributed by atoms with Gasteiger partial charge in [-0.25, -0.2) is 0 Å². The molecule has 0 spiro atoms. The second-order valence-electron chi connectivity index (χ2n) is 3.06. The fraction of sp³-hybridized carbons (Fsp3) is 0.0909. The predicted octanol–water partition coefficient (Wildman–Crippen LogP) is 2.83. The first-order valence-electron chi connectivity index (χ1n) is 4.51. The highest BCUT2D eigenvalue weighted by atomic mass is 35.5. The minimum absolute atomic E-state index is 0. The van der Waals surface area contributed by atoms with Gasteiger partial charge in [-0.2, -0.15) is 0 Å². The molecule has 1 amide bonds. The number of nitrogens with one attached hydrogen (secondary N) is 1. The van der Waals surface area contributed by atoms with Crippen LogP contribution in [-0.4, -0.2) is 16.8 Å². The van der Waals surface area contributed by atoms with Gasteiger partial charge in [0.15, 0.2) is 0 Å². The highest BCUT2D eigenvalue weighted by Crippen LogP contribution is 2.20. The number of fused-ring (bicyclic) bond motifs is 1. The Morgan fingerprint density at radius 2 is 2.12 bits per heavy atom. The van der Waals surface area contributed by atoms with Crippen LogP contribution in [0.25, 0.3) is 10.9 Å². The average Bonchev–Trinajstić information content (AvgIpc) is 2.29. The number of alkyl halides is 1. The average molecular weight is 257 g/mol. The summed E-state index contributed by atoms with van der Waals surface area (Å²) in [6, 6.07) is 9.31. The lowest BCUT2D eigenvalue weighted by molar-refractivity contribution is -0.113. The second kappa shape index (κ2) is 5.68. The van der Waals surface area contributed by atoms with Crippen molar-refractivity contribution >= 4 is 46.5 Å². The highest BCUT2D eigenvalue weighted by molar-refractivity contribution is 6.29. The number of anilines is 1. The molecule has 1 N–H and O–H groups in total. The molecule has 2 rings (SSSR count). The van der Waals surface area contributed by atoms with Crippen molar-refractivity contribution in [2.24, 2.45) is 0 Å². The van der Waals surface area contributed by atoms with Crippen molar-refractivity contribution in [2.75, 3.05) is 11.2 Å². The van der Waals surface area contributed by atoms with E-state index < -0.39 is 0 Å². The first-order chi connectivity index (χ1) is 7.31. The highest BCUT2D eigenvalue weighted by Gasteiger charge is 2.03. The molecule has 0 aliphatic heterocycles. The predicted molar refractivity (Wildman–Crippen MR) is 68.3 cm³/mol. The molecule has 16 heavy (non-hydrogen) atoms. The fourth-order valence-electron chi connectivity index (χ4n) is 1.40. The molecule has 3 nitrogen and oxygen atoms in total. The van der Waals surface area contributed by atoms with Crippen LogP contribution in [0.1, 0.15) is 0 Å². The van der Waals surface area contributed by atoms with E-state index in [4.69, 9.17) is 11.6 Å². The number of rotatable bonds is 2. The van der Waals surface area contributed by atoms with Crippen LogP contribution in [0, 0.1) is 0 Å². The first-order valence-corrected chi connectivity index (χ1v) is 5.04. The Morgan fingerprint density at radius 1 is 1.31 bits per heavy atom. The molecule has 0 saturated heterocycles. The summed E-state index contributed by atoms with van der Waals surface area (Å²) < 4.78 is 0. The van der Waals surface area contributed by atoms with E-state index in [1.54, 1.807) is 6.20 Å². The number of nitrogens with zero attached hydrogens (tertiary/aromatic N) is 1. The monoisotopic (exact) mass is 256 g/mol. The van der Waals surface area contributed by atoms with E-state index in [-0.39, 0.29) is 24.2 Å². The first kappa shape index (κ1) is 12.7. The van der Waals surface area contributed by atoms with Gasteiger partial charge < -0.3 is 5.32 Å². The van der Waals surface area contributed by atoms with E-state index in [1.165, 1.54) is 0 Å². The molecule has 1 heterocycles. The number of hydrogen-bond acceptors (Lipinski definition) is 2. The lowest BCUT2D eigenvalue weighted by Gasteiger charge is -2.06. The van der Waals surface area contributed by atoms with Gasteiger partial charge in [-0.3, -0.25) is 9.78 Å². The smallest absolute Gasteiger partial charge is 0.239 e. The maximum Gasteiger partial charge on any atom is 0.239 e. The van der Waals surface area contributed by atoms with Crippen molar-refractivity contribution < 1.29 is 4.79 Å². The Morgan fingerprint density at radius 3 is 2.88 bits per heavy atom. The van der Waals surface area contributed by atoms with Crippen LogP contribution in [0.4, 0.5) is 5.69 Å². The van der Waals surface area contributed by atoms with Gasteiger partial charge in [0.05, 0.1) is 11.2 Å². The molecular formula is C11H10Cl2N2O. The van der Waals surface area contributed by atoms with Crippen molar-refractivity contribution in [2.45, 2.75) is 0 Å². The molecule has 1 aromatic heterocycles. The van der Waals surface area contributed by atoms with Crippen LogP contribution >= 0.6 is 24.0 Å². The Balaban J connectivity index is 0.00000128. The minimum atomic E-state index is -0.215. The standard InChI is InChI=1S/C11H9ClN2O.ClH/c12-7-11(15)14-10-5-1-4-9-8(10)3-2-6-13-9;/h1-6H,7H2,(H,14,15);1H. The van der Waals surface area contributed by atoms with Gasteiger partial charge in [-0.1, -0.05) is 6.07 Å². The van der Waals surface area contributed by atoms with Gasteiger partial charge in [0.25, 0.3) is 0 Å². The van der Waals surface area contributed by atoms with Gasteiger partial charge in [-0.15, -0.1) is 24.0 Å². The Labute approximate surface area is 104 Å². The normalized spacial score (nSPS) is 9.56. The summed E-state index contributed by atoms with van der Waals surface area (Å²) in [5.74, 6) is -0.260. The zero-order valence-electron chi connectivity index (χ0n) is 8.31. The third-order valence-electron chi connectivity index (χ3n) is 2.04. The SMILES string of the molecule is Cl.O=C(CCl)Nc1cccc2ncccc12. The summed E-state index contributed by atoms with van der Waals surface area (Å²) in [6.07, 6.45) is 1.72. The Bertz CT molecular complexity index is 497. The molecule has 0 atom stereocenters. The number of benzene rings is 1. The van der Waals surface area contributed by atoms with E-state index in [0.29, 0.717) is 0 Å². The largest absolute Gasteiger partial charge is 0.324 e. The minimum Gasteiger partial charge on any atom is -0.324 e. The summed E-state index contributed by atoms with van der Waals surface area (Å²) in [5.41, 5.74) is 1.59. The van der Waals surface area contributed by atoms with Crippen LogP contribution in [-0.2, 0) is 4.79 Å². The Hall–Kier alpha value is -1.32. The molecule has 0 bridgehead atoms. The van der Waals surface area contributed by atoms with Crippen LogP contribution in [0.2, 0.25) is 0 Å². The molecule has 0 aliphatic rings. The molecule has 0 saturated carbocycles. The van der Waals surface area contributed by atoms with E-state index in [9.17, 15) is 4.79 Å². The molecule has 0 fully saturated rings. The number of amides is 1. The van der Waals surface area contributed by atoms with E-state index in [0.717, 1.165) is 16.6 Å². The zero-order valence-corrected chi connectivity index (χ0v) is 9.89. The topological polar surface area (TPSA) is 42.0 Å². The number of hydrogen-bond donors (Lipinski definition) is 1. The number of pyridine rings is 1. The van der Waals surface area contributed by atoms with Gasteiger partial charge in [0.2, 0.25) is 5.91 Å². The summed E-state index contributed by atoms with van der Waals surface area (Å²) in [5, 5.41) is 3.64. The summed E-state index contributed by atoms with van der Waals surface area (Å²) in [6.45, 7) is 0. The number of carbonyl (C=O) groups is 1. The van der Waals surface area contributed by atoms with Crippen LogP contribution in [0.15, 0.2) is 36.5 Å². The second-order valence-corrected chi connectivity index (χ2v) is 3.32. The lowest BCUT2D eigenvalue weighted by Crippen LogP contribution is -2.12. The maximum absolute atomic E-state index is 11.2. The van der Waals surface area contributed by atoms with Crippen molar-refractivity contribution in [1.29, 1.82) is 0 Å². The molecule has 5 heteroatoms. The van der Waals surface area contributed by atoms with Crippen molar-refractivity contribution in [3.05, 3.63) is 36.5 Å². The van der Waals surface area contributed by atoms with Crippen LogP contribution in [0.5, 0.6) is 0 Å². The van der Waals surface area contributed by atoms with Gasteiger partial charge in [0, 0.05) is 11.6 Å².